The lowest BCUT2D eigenvalue weighted by Gasteiger charge is -2.41. The van der Waals surface area contributed by atoms with Crippen LogP contribution in [-0.2, 0) is 4.79 Å². The highest BCUT2D eigenvalue weighted by Crippen LogP contribution is 2.42. The maximum atomic E-state index is 10.9. The zero-order valence-electron chi connectivity index (χ0n) is 9.60. The van der Waals surface area contributed by atoms with Gasteiger partial charge in [0, 0.05) is 18.0 Å². The molecule has 1 fully saturated rings. The van der Waals surface area contributed by atoms with Crippen LogP contribution in [0.15, 0.2) is 29.2 Å². The van der Waals surface area contributed by atoms with Crippen molar-refractivity contribution in [2.45, 2.75) is 16.1 Å². The number of carboxylic acid groups (broad SMARTS) is 1. The Bertz CT molecular complexity index is 418. The van der Waals surface area contributed by atoms with E-state index in [0.29, 0.717) is 0 Å². The number of hydrogen-bond donors (Lipinski definition) is 2. The van der Waals surface area contributed by atoms with E-state index < -0.39 is 5.97 Å². The van der Waals surface area contributed by atoms with E-state index in [1.165, 1.54) is 0 Å². The highest BCUT2D eigenvalue weighted by molar-refractivity contribution is 8.01. The molecule has 0 spiro atoms. The average molecular weight is 253 g/mol. The van der Waals surface area contributed by atoms with E-state index in [0.717, 1.165) is 23.7 Å². The van der Waals surface area contributed by atoms with Gasteiger partial charge in [0.2, 0.25) is 0 Å². The van der Waals surface area contributed by atoms with Crippen LogP contribution in [0.1, 0.15) is 6.42 Å². The second-order valence-corrected chi connectivity index (χ2v) is 5.62. The van der Waals surface area contributed by atoms with Gasteiger partial charge in [0.25, 0.3) is 0 Å². The van der Waals surface area contributed by atoms with Gasteiger partial charge in [-0.05, 0) is 12.1 Å². The summed E-state index contributed by atoms with van der Waals surface area (Å²) in [6.45, 7) is 1.45. The maximum Gasteiger partial charge on any atom is 0.304 e. The van der Waals surface area contributed by atoms with E-state index in [2.05, 4.69) is 5.32 Å². The third-order valence-corrected chi connectivity index (χ3v) is 4.19. The second kappa shape index (κ2) is 4.98. The van der Waals surface area contributed by atoms with Crippen molar-refractivity contribution in [2.24, 2.45) is 0 Å². The molecule has 4 nitrogen and oxygen atoms in total. The summed E-state index contributed by atoms with van der Waals surface area (Å²) < 4.78 is 5.04. The Morgan fingerprint density at radius 1 is 1.53 bits per heavy atom. The first-order chi connectivity index (χ1) is 8.15. The van der Waals surface area contributed by atoms with E-state index in [4.69, 9.17) is 9.84 Å². The van der Waals surface area contributed by atoms with Crippen LogP contribution >= 0.6 is 11.8 Å². The van der Waals surface area contributed by atoms with Crippen LogP contribution in [0.4, 0.5) is 0 Å². The van der Waals surface area contributed by atoms with Gasteiger partial charge in [-0.2, -0.15) is 0 Å². The van der Waals surface area contributed by atoms with Gasteiger partial charge in [0.05, 0.1) is 18.3 Å². The molecule has 0 saturated carbocycles. The van der Waals surface area contributed by atoms with E-state index in [1.54, 1.807) is 18.9 Å². The van der Waals surface area contributed by atoms with Crippen molar-refractivity contribution in [3.8, 4) is 5.75 Å². The second-order valence-electron chi connectivity index (χ2n) is 4.11. The SMILES string of the molecule is COc1ccccc1SC1(CC(=O)O)CNC1. The zero-order valence-corrected chi connectivity index (χ0v) is 10.4. The number of thioether (sulfide) groups is 1. The van der Waals surface area contributed by atoms with Crippen LogP contribution in [0.5, 0.6) is 5.75 Å². The van der Waals surface area contributed by atoms with Gasteiger partial charge in [-0.1, -0.05) is 12.1 Å². The zero-order chi connectivity index (χ0) is 12.3. The lowest BCUT2D eigenvalue weighted by atomic mass is 9.98. The number of hydrogen-bond acceptors (Lipinski definition) is 4. The fourth-order valence-corrected chi connectivity index (χ4v) is 3.26. The normalized spacial score (nSPS) is 17.2. The van der Waals surface area contributed by atoms with Crippen LogP contribution in [0.2, 0.25) is 0 Å². The first-order valence-corrected chi connectivity index (χ1v) is 6.21. The molecule has 0 radical (unpaired) electrons. The van der Waals surface area contributed by atoms with Crippen molar-refractivity contribution in [1.29, 1.82) is 0 Å². The molecule has 2 N–H and O–H groups in total. The molecule has 2 rings (SSSR count). The number of methoxy groups -OCH3 is 1. The first-order valence-electron chi connectivity index (χ1n) is 5.40. The molecule has 1 aromatic carbocycles. The average Bonchev–Trinajstić information content (AvgIpc) is 2.26. The van der Waals surface area contributed by atoms with Gasteiger partial charge in [-0.25, -0.2) is 0 Å². The monoisotopic (exact) mass is 253 g/mol. The van der Waals surface area contributed by atoms with Crippen LogP contribution in [0.3, 0.4) is 0 Å². The molecule has 0 unspecified atom stereocenters. The number of carboxylic acids is 1. The molecule has 0 aliphatic carbocycles. The van der Waals surface area contributed by atoms with Crippen LogP contribution in [0.25, 0.3) is 0 Å². The van der Waals surface area contributed by atoms with E-state index in [1.807, 2.05) is 24.3 Å². The quantitative estimate of drug-likeness (QED) is 0.834. The number of carbonyl (C=O) groups is 1. The van der Waals surface area contributed by atoms with Crippen LogP contribution in [-0.4, -0.2) is 36.0 Å². The minimum Gasteiger partial charge on any atom is -0.496 e. The van der Waals surface area contributed by atoms with Crippen molar-refractivity contribution in [1.82, 2.24) is 5.32 Å². The number of benzene rings is 1. The van der Waals surface area contributed by atoms with Crippen molar-refractivity contribution in [3.05, 3.63) is 24.3 Å². The molecule has 0 aromatic heterocycles. The van der Waals surface area contributed by atoms with E-state index in [-0.39, 0.29) is 11.2 Å². The van der Waals surface area contributed by atoms with E-state index in [9.17, 15) is 4.79 Å². The Kier molecular flexibility index (Phi) is 3.59. The third-order valence-electron chi connectivity index (χ3n) is 2.76. The van der Waals surface area contributed by atoms with Gasteiger partial charge in [0.15, 0.2) is 0 Å². The number of nitrogens with one attached hydrogen (secondary N) is 1. The molecular weight excluding hydrogens is 238 g/mol. The predicted molar refractivity (Wildman–Crippen MR) is 66.7 cm³/mol. The largest absolute Gasteiger partial charge is 0.496 e. The number of ether oxygens (including phenoxy) is 1. The Hall–Kier alpha value is -1.20. The van der Waals surface area contributed by atoms with Gasteiger partial charge in [-0.15, -0.1) is 11.8 Å². The Balaban J connectivity index is 2.15. The molecule has 1 aliphatic heterocycles. The summed E-state index contributed by atoms with van der Waals surface area (Å²) >= 11 is 1.59. The number of para-hydroxylation sites is 1. The smallest absolute Gasteiger partial charge is 0.304 e. The Morgan fingerprint density at radius 3 is 2.76 bits per heavy atom. The van der Waals surface area contributed by atoms with Crippen molar-refractivity contribution >= 4 is 17.7 Å². The summed E-state index contributed by atoms with van der Waals surface area (Å²) in [5.74, 6) is 0.0445. The van der Waals surface area contributed by atoms with Gasteiger partial charge < -0.3 is 15.2 Å². The third kappa shape index (κ3) is 2.73. The molecule has 0 atom stereocenters. The molecule has 1 aliphatic rings. The van der Waals surface area contributed by atoms with Gasteiger partial charge in [-0.3, -0.25) is 4.79 Å². The number of aliphatic carboxylic acids is 1. The van der Waals surface area contributed by atoms with Gasteiger partial charge in [0.1, 0.15) is 5.75 Å². The highest BCUT2D eigenvalue weighted by atomic mass is 32.2. The van der Waals surface area contributed by atoms with Crippen molar-refractivity contribution in [3.63, 3.8) is 0 Å². The molecule has 0 bridgehead atoms. The molecule has 1 heterocycles. The molecule has 17 heavy (non-hydrogen) atoms. The fraction of sp³-hybridized carbons (Fsp3) is 0.417. The summed E-state index contributed by atoms with van der Waals surface area (Å²) in [7, 11) is 1.63. The summed E-state index contributed by atoms with van der Waals surface area (Å²) in [5.41, 5.74) is 0. The van der Waals surface area contributed by atoms with Crippen molar-refractivity contribution < 1.29 is 14.6 Å². The summed E-state index contributed by atoms with van der Waals surface area (Å²) in [6, 6.07) is 7.70. The fourth-order valence-electron chi connectivity index (χ4n) is 1.85. The van der Waals surface area contributed by atoms with Crippen LogP contribution < -0.4 is 10.1 Å². The predicted octanol–water partition coefficient (Wildman–Crippen LogP) is 1.60. The summed E-state index contributed by atoms with van der Waals surface area (Å²) in [4.78, 5) is 11.9. The molecular formula is C12H15NO3S. The maximum absolute atomic E-state index is 10.9. The molecule has 5 heteroatoms. The standard InChI is InChI=1S/C12H15NO3S/c1-16-9-4-2-3-5-10(9)17-12(6-11(14)15)7-13-8-12/h2-5,13H,6-8H2,1H3,(H,14,15). The van der Waals surface area contributed by atoms with Crippen molar-refractivity contribution in [2.75, 3.05) is 20.2 Å². The minimum atomic E-state index is -0.756. The molecule has 92 valence electrons. The Labute approximate surface area is 104 Å². The van der Waals surface area contributed by atoms with Gasteiger partial charge >= 0.3 is 5.97 Å². The first kappa shape index (κ1) is 12.3. The molecule has 0 amide bonds. The highest BCUT2D eigenvalue weighted by Gasteiger charge is 2.40. The lowest BCUT2D eigenvalue weighted by molar-refractivity contribution is -0.138. The topological polar surface area (TPSA) is 58.6 Å². The van der Waals surface area contributed by atoms with E-state index >= 15 is 0 Å². The minimum absolute atomic E-state index is 0.169. The Morgan fingerprint density at radius 2 is 2.24 bits per heavy atom. The summed E-state index contributed by atoms with van der Waals surface area (Å²) in [6.07, 6.45) is 0.169. The summed E-state index contributed by atoms with van der Waals surface area (Å²) in [5, 5.41) is 12.1. The van der Waals surface area contributed by atoms with Crippen LogP contribution in [0, 0.1) is 0 Å². The lowest BCUT2D eigenvalue weighted by Crippen LogP contribution is -2.57. The molecule has 1 aromatic rings. The molecule has 1 saturated heterocycles. The number of rotatable bonds is 5.